The Kier molecular flexibility index (Phi) is 6.09. The van der Waals surface area contributed by atoms with Crippen LogP contribution in [0, 0.1) is 0 Å². The van der Waals surface area contributed by atoms with Crippen molar-refractivity contribution in [2.24, 2.45) is 0 Å². The molecule has 8 aromatic carbocycles. The van der Waals surface area contributed by atoms with E-state index in [1.54, 1.807) is 0 Å². The van der Waals surface area contributed by atoms with E-state index in [4.69, 9.17) is 8.83 Å². The third kappa shape index (κ3) is 4.28. The van der Waals surface area contributed by atoms with Crippen LogP contribution in [0.2, 0.25) is 0 Å². The molecule has 0 fully saturated rings. The fourth-order valence-electron chi connectivity index (χ4n) is 9.35. The van der Waals surface area contributed by atoms with Crippen LogP contribution < -0.4 is 4.90 Å². The van der Waals surface area contributed by atoms with E-state index >= 15 is 0 Å². The number of hydrogen-bond donors (Lipinski definition) is 0. The van der Waals surface area contributed by atoms with Crippen molar-refractivity contribution in [2.45, 2.75) is 19.3 Å². The van der Waals surface area contributed by atoms with Gasteiger partial charge in [-0.25, -0.2) is 0 Å². The van der Waals surface area contributed by atoms with Crippen molar-refractivity contribution in [1.82, 2.24) is 4.57 Å². The Hall–Kier alpha value is -7.04. The maximum atomic E-state index is 6.27. The molecule has 0 spiro atoms. The lowest BCUT2D eigenvalue weighted by molar-refractivity contribution is 0.660. The van der Waals surface area contributed by atoms with Crippen LogP contribution in [0.5, 0.6) is 0 Å². The first-order chi connectivity index (χ1) is 27.0. The van der Waals surface area contributed by atoms with Crippen molar-refractivity contribution < 1.29 is 8.83 Å². The van der Waals surface area contributed by atoms with Gasteiger partial charge in [0.05, 0.1) is 11.0 Å². The Morgan fingerprint density at radius 1 is 0.400 bits per heavy atom. The van der Waals surface area contributed by atoms with Crippen LogP contribution in [0.15, 0.2) is 179 Å². The summed E-state index contributed by atoms with van der Waals surface area (Å²) in [5.74, 6) is 0. The van der Waals surface area contributed by atoms with Crippen molar-refractivity contribution in [2.75, 3.05) is 4.90 Å². The van der Waals surface area contributed by atoms with Crippen LogP contribution in [-0.2, 0) is 5.41 Å². The van der Waals surface area contributed by atoms with Gasteiger partial charge in [0, 0.05) is 60.5 Å². The monoisotopic (exact) mass is 706 g/mol. The molecule has 0 N–H and O–H groups in total. The molecular weight excluding hydrogens is 673 g/mol. The number of furan rings is 2. The number of para-hydroxylation sites is 4. The number of anilines is 3. The summed E-state index contributed by atoms with van der Waals surface area (Å²) in [7, 11) is 0. The molecule has 3 heterocycles. The summed E-state index contributed by atoms with van der Waals surface area (Å²) >= 11 is 0. The van der Waals surface area contributed by atoms with Crippen LogP contribution in [0.1, 0.15) is 25.0 Å². The highest BCUT2D eigenvalue weighted by Gasteiger charge is 2.36. The highest BCUT2D eigenvalue weighted by molar-refractivity contribution is 6.10. The molecule has 0 amide bonds. The lowest BCUT2D eigenvalue weighted by Crippen LogP contribution is -2.17. The second-order valence-corrected chi connectivity index (χ2v) is 15.3. The average Bonchev–Trinajstić information content (AvgIpc) is 3.95. The molecule has 0 bridgehead atoms. The van der Waals surface area contributed by atoms with E-state index in [-0.39, 0.29) is 5.41 Å². The van der Waals surface area contributed by atoms with E-state index < -0.39 is 0 Å². The first-order valence-electron chi connectivity index (χ1n) is 18.9. The van der Waals surface area contributed by atoms with Crippen LogP contribution in [-0.4, -0.2) is 4.57 Å². The summed E-state index contributed by atoms with van der Waals surface area (Å²) in [6, 6.07) is 61.2. The first-order valence-corrected chi connectivity index (χ1v) is 18.9. The molecule has 0 aliphatic heterocycles. The van der Waals surface area contributed by atoms with E-state index in [1.165, 1.54) is 49.7 Å². The normalized spacial score (nSPS) is 13.4. The summed E-state index contributed by atoms with van der Waals surface area (Å²) in [4.78, 5) is 2.38. The fourth-order valence-corrected chi connectivity index (χ4v) is 9.35. The van der Waals surface area contributed by atoms with Gasteiger partial charge in [0.2, 0.25) is 0 Å². The van der Waals surface area contributed by atoms with Gasteiger partial charge in [-0.15, -0.1) is 0 Å². The zero-order valence-electron chi connectivity index (χ0n) is 30.4. The van der Waals surface area contributed by atoms with Crippen molar-refractivity contribution in [3.8, 4) is 16.8 Å². The summed E-state index contributed by atoms with van der Waals surface area (Å²) in [5.41, 5.74) is 15.4. The zero-order valence-corrected chi connectivity index (χ0v) is 30.4. The molecule has 0 atom stereocenters. The molecule has 4 nitrogen and oxygen atoms in total. The molecular formula is C51H34N2O2. The maximum absolute atomic E-state index is 6.27. The molecule has 55 heavy (non-hydrogen) atoms. The Morgan fingerprint density at radius 3 is 1.42 bits per heavy atom. The Morgan fingerprint density at radius 2 is 0.836 bits per heavy atom. The van der Waals surface area contributed by atoms with Gasteiger partial charge in [0.15, 0.2) is 0 Å². The SMILES string of the molecule is CC1(C)c2cc(N(c3ccc4oc5ccccc5c4c3)c3ccc4oc5ccccc5c4c3)ccc2-c2ccc(-n3c4ccccc4c4ccccc43)cc21. The van der Waals surface area contributed by atoms with E-state index in [1.807, 2.05) is 24.3 Å². The average molecular weight is 707 g/mol. The Labute approximate surface area is 317 Å². The van der Waals surface area contributed by atoms with E-state index in [0.717, 1.165) is 60.9 Å². The van der Waals surface area contributed by atoms with E-state index in [2.05, 4.69) is 169 Å². The second kappa shape index (κ2) is 11.0. The van der Waals surface area contributed by atoms with Crippen LogP contribution in [0.25, 0.3) is 82.5 Å². The summed E-state index contributed by atoms with van der Waals surface area (Å²) < 4.78 is 15.0. The first kappa shape index (κ1) is 30.4. The van der Waals surface area contributed by atoms with Crippen LogP contribution in [0.3, 0.4) is 0 Å². The largest absolute Gasteiger partial charge is 0.456 e. The lowest BCUT2D eigenvalue weighted by Gasteiger charge is -2.28. The van der Waals surface area contributed by atoms with Gasteiger partial charge < -0.3 is 18.3 Å². The molecule has 11 aromatic rings. The van der Waals surface area contributed by atoms with Gasteiger partial charge in [-0.1, -0.05) is 98.8 Å². The van der Waals surface area contributed by atoms with Crippen molar-refractivity contribution in [1.29, 1.82) is 0 Å². The Bertz CT molecular complexity index is 3210. The maximum Gasteiger partial charge on any atom is 0.135 e. The molecule has 260 valence electrons. The summed E-state index contributed by atoms with van der Waals surface area (Å²) in [5, 5.41) is 6.96. The lowest BCUT2D eigenvalue weighted by atomic mass is 9.82. The number of rotatable bonds is 4. The van der Waals surface area contributed by atoms with Crippen molar-refractivity contribution in [3.05, 3.63) is 181 Å². The minimum atomic E-state index is -0.240. The minimum absolute atomic E-state index is 0.240. The van der Waals surface area contributed by atoms with Crippen molar-refractivity contribution in [3.63, 3.8) is 0 Å². The molecule has 0 unspecified atom stereocenters. The number of aromatic nitrogens is 1. The van der Waals surface area contributed by atoms with Gasteiger partial charge in [-0.2, -0.15) is 0 Å². The van der Waals surface area contributed by atoms with Crippen LogP contribution >= 0.6 is 0 Å². The summed E-state index contributed by atoms with van der Waals surface area (Å²) in [6.07, 6.45) is 0. The molecule has 12 rings (SSSR count). The highest BCUT2D eigenvalue weighted by Crippen LogP contribution is 2.52. The molecule has 1 aliphatic rings. The predicted molar refractivity (Wildman–Crippen MR) is 228 cm³/mol. The summed E-state index contributed by atoms with van der Waals surface area (Å²) in [6.45, 7) is 4.74. The van der Waals surface area contributed by atoms with Crippen LogP contribution in [0.4, 0.5) is 17.1 Å². The molecule has 1 aliphatic carbocycles. The fraction of sp³-hybridized carbons (Fsp3) is 0.0588. The minimum Gasteiger partial charge on any atom is -0.456 e. The predicted octanol–water partition coefficient (Wildman–Crippen LogP) is 14.4. The van der Waals surface area contributed by atoms with Gasteiger partial charge in [0.25, 0.3) is 0 Å². The van der Waals surface area contributed by atoms with Crippen molar-refractivity contribution >= 4 is 82.7 Å². The molecule has 4 heteroatoms. The molecule has 0 radical (unpaired) electrons. The molecule has 0 saturated heterocycles. The topological polar surface area (TPSA) is 34.5 Å². The number of hydrogen-bond acceptors (Lipinski definition) is 3. The Balaban J connectivity index is 1.04. The van der Waals surface area contributed by atoms with Gasteiger partial charge >= 0.3 is 0 Å². The quantitative estimate of drug-likeness (QED) is 0.183. The third-order valence-corrected chi connectivity index (χ3v) is 12.0. The standard InChI is InChI=1S/C51H34N2O2/c1-51(2)43-29-33(19-23-35(43)36-24-20-34(30-44(36)51)53-45-15-7-3-11-37(45)38-12-4-8-16-46(38)53)52(31-21-25-49-41(27-31)39-13-5-9-17-47(39)54-49)32-22-26-50-42(28-32)40-14-6-10-18-48(40)55-50/h3-30H,1-2H3. The smallest absolute Gasteiger partial charge is 0.135 e. The van der Waals surface area contributed by atoms with Gasteiger partial charge in [0.1, 0.15) is 22.3 Å². The van der Waals surface area contributed by atoms with E-state index in [9.17, 15) is 0 Å². The second-order valence-electron chi connectivity index (χ2n) is 15.3. The number of fused-ring (bicyclic) bond motifs is 12. The number of nitrogens with zero attached hydrogens (tertiary/aromatic N) is 2. The molecule has 3 aromatic heterocycles. The van der Waals surface area contributed by atoms with E-state index in [0.29, 0.717) is 0 Å². The van der Waals surface area contributed by atoms with Gasteiger partial charge in [-0.3, -0.25) is 0 Å². The molecule has 0 saturated carbocycles. The number of benzene rings is 8. The van der Waals surface area contributed by atoms with Gasteiger partial charge in [-0.05, 0) is 107 Å². The zero-order chi connectivity index (χ0) is 36.4. The third-order valence-electron chi connectivity index (χ3n) is 12.0. The highest BCUT2D eigenvalue weighted by atomic mass is 16.3.